The molecule has 2 aliphatic heterocycles. The maximum Gasteiger partial charge on any atom is 0.419 e. The third-order valence-electron chi connectivity index (χ3n) is 5.13. The zero-order valence-corrected chi connectivity index (χ0v) is 15.9. The summed E-state index contributed by atoms with van der Waals surface area (Å²) >= 11 is 6.23. The minimum Gasteiger partial charge on any atom is -0.467 e. The van der Waals surface area contributed by atoms with Crippen LogP contribution in [0.4, 0.5) is 19.0 Å². The summed E-state index contributed by atoms with van der Waals surface area (Å²) < 4.78 is 49.1. The molecule has 0 radical (unpaired) electrons. The van der Waals surface area contributed by atoms with Gasteiger partial charge in [-0.25, -0.2) is 4.98 Å². The summed E-state index contributed by atoms with van der Waals surface area (Å²) in [7, 11) is 0. The molecule has 1 saturated heterocycles. The van der Waals surface area contributed by atoms with Gasteiger partial charge < -0.3 is 14.4 Å². The second kappa shape index (κ2) is 7.77. The first-order valence-corrected chi connectivity index (χ1v) is 9.47. The molecule has 0 aliphatic carbocycles. The summed E-state index contributed by atoms with van der Waals surface area (Å²) in [6.45, 7) is 4.77. The van der Waals surface area contributed by atoms with Gasteiger partial charge in [-0.05, 0) is 18.2 Å². The third kappa shape index (κ3) is 4.19. The summed E-state index contributed by atoms with van der Waals surface area (Å²) in [6.07, 6.45) is -3.31. The Labute approximate surface area is 165 Å². The summed E-state index contributed by atoms with van der Waals surface area (Å²) in [5.74, 6) is 1.56. The molecule has 0 saturated carbocycles. The fourth-order valence-corrected chi connectivity index (χ4v) is 3.95. The van der Waals surface area contributed by atoms with E-state index in [2.05, 4.69) is 9.88 Å². The number of aromatic amines is 1. The minimum absolute atomic E-state index is 0.245. The van der Waals surface area contributed by atoms with Crippen LogP contribution in [0.5, 0.6) is 5.75 Å². The third-order valence-corrected chi connectivity index (χ3v) is 5.35. The summed E-state index contributed by atoms with van der Waals surface area (Å²) in [6, 6.07) is 6.42. The molecule has 9 heteroatoms. The molecular formula is C19H21ClF3N3O2+2. The van der Waals surface area contributed by atoms with E-state index in [1.54, 1.807) is 0 Å². The number of alkyl halides is 3. The minimum atomic E-state index is -4.33. The van der Waals surface area contributed by atoms with Gasteiger partial charge >= 0.3 is 6.18 Å². The number of H-pyrrole nitrogens is 1. The zero-order valence-electron chi connectivity index (χ0n) is 15.1. The SMILES string of the molecule is FC(F)(F)c1ccc(N2CC[NH+](Cc3cc(Cl)cc4c3OCOC4)CC2)[nH+]c1. The number of piperazine rings is 1. The fourth-order valence-electron chi connectivity index (χ4n) is 3.69. The van der Waals surface area contributed by atoms with Crippen LogP contribution < -0.4 is 19.5 Å². The van der Waals surface area contributed by atoms with Crippen LogP contribution in [0.25, 0.3) is 0 Å². The van der Waals surface area contributed by atoms with Gasteiger partial charge in [-0.2, -0.15) is 13.2 Å². The van der Waals surface area contributed by atoms with E-state index in [9.17, 15) is 13.2 Å². The lowest BCUT2D eigenvalue weighted by atomic mass is 10.1. The number of quaternary nitrogens is 1. The molecule has 5 nitrogen and oxygen atoms in total. The standard InChI is InChI=1S/C19H19ClF3N3O2/c20-16-7-13(18-14(8-16)11-27-12-28-18)10-25-3-5-26(6-4-25)17-2-1-15(9-24-17)19(21,22)23/h1-2,7-9H,3-6,10-12H2/p+2. The molecule has 4 rings (SSSR count). The maximum atomic E-state index is 12.7. The van der Waals surface area contributed by atoms with E-state index in [1.165, 1.54) is 11.0 Å². The molecule has 1 aromatic carbocycles. The molecule has 28 heavy (non-hydrogen) atoms. The van der Waals surface area contributed by atoms with E-state index in [0.717, 1.165) is 61.9 Å². The van der Waals surface area contributed by atoms with Crippen molar-refractivity contribution in [2.45, 2.75) is 19.3 Å². The van der Waals surface area contributed by atoms with Gasteiger partial charge in [0.1, 0.15) is 44.7 Å². The van der Waals surface area contributed by atoms with Crippen molar-refractivity contribution in [2.24, 2.45) is 0 Å². The Morgan fingerprint density at radius 1 is 1.18 bits per heavy atom. The van der Waals surface area contributed by atoms with Gasteiger partial charge in [0, 0.05) is 16.7 Å². The number of hydrogen-bond acceptors (Lipinski definition) is 3. The Hall–Kier alpha value is -2.03. The highest BCUT2D eigenvalue weighted by molar-refractivity contribution is 6.30. The van der Waals surface area contributed by atoms with Crippen molar-refractivity contribution in [1.82, 2.24) is 0 Å². The first kappa shape index (κ1) is 19.3. The molecule has 0 amide bonds. The number of rotatable bonds is 3. The molecule has 0 spiro atoms. The van der Waals surface area contributed by atoms with Crippen LogP contribution in [-0.4, -0.2) is 33.0 Å². The second-order valence-electron chi connectivity index (χ2n) is 7.04. The summed E-state index contributed by atoms with van der Waals surface area (Å²) in [5, 5.41) is 0.667. The van der Waals surface area contributed by atoms with Crippen molar-refractivity contribution in [2.75, 3.05) is 37.9 Å². The molecule has 2 N–H and O–H groups in total. The number of benzene rings is 1. The lowest BCUT2D eigenvalue weighted by molar-refractivity contribution is -0.914. The first-order chi connectivity index (χ1) is 13.4. The van der Waals surface area contributed by atoms with E-state index in [1.807, 2.05) is 12.1 Å². The fraction of sp³-hybridized carbons (Fsp3) is 0.421. The highest BCUT2D eigenvalue weighted by atomic mass is 35.5. The molecule has 2 aliphatic rings. The molecule has 2 aromatic rings. The van der Waals surface area contributed by atoms with Crippen LogP contribution in [0.2, 0.25) is 5.02 Å². The van der Waals surface area contributed by atoms with Crippen molar-refractivity contribution < 1.29 is 32.5 Å². The number of ether oxygens (including phenoxy) is 2. The van der Waals surface area contributed by atoms with Crippen LogP contribution >= 0.6 is 11.6 Å². The Kier molecular flexibility index (Phi) is 5.35. The van der Waals surface area contributed by atoms with Crippen molar-refractivity contribution in [3.05, 3.63) is 52.2 Å². The molecular weight excluding hydrogens is 395 g/mol. The topological polar surface area (TPSA) is 40.3 Å². The lowest BCUT2D eigenvalue weighted by Gasteiger charge is -2.29. The van der Waals surface area contributed by atoms with E-state index in [-0.39, 0.29) is 6.79 Å². The van der Waals surface area contributed by atoms with Gasteiger partial charge in [0.2, 0.25) is 0 Å². The van der Waals surface area contributed by atoms with E-state index in [4.69, 9.17) is 21.1 Å². The first-order valence-electron chi connectivity index (χ1n) is 9.09. The quantitative estimate of drug-likeness (QED) is 0.833. The Balaban J connectivity index is 1.39. The Morgan fingerprint density at radius 2 is 1.96 bits per heavy atom. The molecule has 1 fully saturated rings. The Morgan fingerprint density at radius 3 is 2.64 bits per heavy atom. The molecule has 3 heterocycles. The number of nitrogens with one attached hydrogen (secondary N) is 2. The predicted octanol–water partition coefficient (Wildman–Crippen LogP) is 1.94. The van der Waals surface area contributed by atoms with Crippen molar-refractivity contribution in [3.63, 3.8) is 0 Å². The predicted molar refractivity (Wildman–Crippen MR) is 96.3 cm³/mol. The lowest BCUT2D eigenvalue weighted by Crippen LogP contribution is -3.13. The largest absolute Gasteiger partial charge is 0.467 e. The Bertz CT molecular complexity index is 838. The van der Waals surface area contributed by atoms with Crippen LogP contribution in [-0.2, 0) is 24.1 Å². The van der Waals surface area contributed by atoms with E-state index in [0.29, 0.717) is 17.4 Å². The molecule has 0 bridgehead atoms. The van der Waals surface area contributed by atoms with Crippen molar-refractivity contribution in [1.29, 1.82) is 0 Å². The number of aromatic nitrogens is 1. The second-order valence-corrected chi connectivity index (χ2v) is 7.47. The van der Waals surface area contributed by atoms with Crippen molar-refractivity contribution >= 4 is 17.4 Å². The molecule has 0 atom stereocenters. The molecule has 150 valence electrons. The van der Waals surface area contributed by atoms with Gasteiger partial charge in [0.15, 0.2) is 6.79 Å². The van der Waals surface area contributed by atoms with Crippen LogP contribution in [0.15, 0.2) is 30.5 Å². The van der Waals surface area contributed by atoms with Crippen LogP contribution in [0.1, 0.15) is 16.7 Å². The zero-order chi connectivity index (χ0) is 19.7. The summed E-state index contributed by atoms with van der Waals surface area (Å²) in [4.78, 5) is 6.22. The van der Waals surface area contributed by atoms with Gasteiger partial charge in [0.25, 0.3) is 5.82 Å². The summed E-state index contributed by atoms with van der Waals surface area (Å²) in [5.41, 5.74) is 1.36. The highest BCUT2D eigenvalue weighted by Gasteiger charge is 2.33. The number of fused-ring (bicyclic) bond motifs is 1. The number of anilines is 1. The van der Waals surface area contributed by atoms with Gasteiger partial charge in [-0.1, -0.05) is 11.6 Å². The average Bonchev–Trinajstić information content (AvgIpc) is 2.68. The monoisotopic (exact) mass is 415 g/mol. The smallest absolute Gasteiger partial charge is 0.419 e. The number of hydrogen-bond donors (Lipinski definition) is 1. The van der Waals surface area contributed by atoms with Gasteiger partial charge in [-0.3, -0.25) is 4.90 Å². The maximum absolute atomic E-state index is 12.7. The average molecular weight is 416 g/mol. The molecule has 1 aromatic heterocycles. The van der Waals surface area contributed by atoms with Crippen molar-refractivity contribution in [3.8, 4) is 5.75 Å². The number of halogens is 4. The van der Waals surface area contributed by atoms with E-state index >= 15 is 0 Å². The highest BCUT2D eigenvalue weighted by Crippen LogP contribution is 2.31. The number of nitrogens with zero attached hydrogens (tertiary/aromatic N) is 1. The van der Waals surface area contributed by atoms with Gasteiger partial charge in [-0.15, -0.1) is 0 Å². The van der Waals surface area contributed by atoms with E-state index < -0.39 is 11.7 Å². The van der Waals surface area contributed by atoms with Gasteiger partial charge in [0.05, 0.1) is 17.7 Å². The van der Waals surface area contributed by atoms with Crippen LogP contribution in [0.3, 0.4) is 0 Å². The normalized spacial score (nSPS) is 17.9. The number of pyridine rings is 1. The molecule has 0 unspecified atom stereocenters. The van der Waals surface area contributed by atoms with Crippen LogP contribution in [0, 0.1) is 0 Å².